The third-order valence-corrected chi connectivity index (χ3v) is 6.69. The van der Waals surface area contributed by atoms with Crippen LogP contribution >= 0.6 is 11.6 Å². The molecule has 0 saturated carbocycles. The van der Waals surface area contributed by atoms with Crippen LogP contribution in [-0.4, -0.2) is 77.3 Å². The SMILES string of the molecule is Cc1nc2c(-c3ccc(Cl)cc3F)nc(N3CCN(C(=O)[C@@H]4COCCO4)CC3)cn2c(=O)c1C. The second kappa shape index (κ2) is 9.52. The Morgan fingerprint density at radius 3 is 2.60 bits per heavy atom. The van der Waals surface area contributed by atoms with Gasteiger partial charge >= 0.3 is 0 Å². The zero-order valence-electron chi connectivity index (χ0n) is 19.5. The van der Waals surface area contributed by atoms with Crippen LogP contribution < -0.4 is 10.5 Å². The Balaban J connectivity index is 1.50. The second-order valence-electron chi connectivity index (χ2n) is 8.64. The molecular formula is C24H25ClFN5O4. The van der Waals surface area contributed by atoms with Gasteiger partial charge in [-0.05, 0) is 32.0 Å². The van der Waals surface area contributed by atoms with Crippen molar-refractivity contribution in [3.05, 3.63) is 56.8 Å². The maximum Gasteiger partial charge on any atom is 0.261 e. The fraction of sp³-hybridized carbons (Fsp3) is 0.417. The van der Waals surface area contributed by atoms with Gasteiger partial charge in [-0.15, -0.1) is 0 Å². The number of anilines is 1. The minimum absolute atomic E-state index is 0.0914. The van der Waals surface area contributed by atoms with E-state index in [1.165, 1.54) is 16.5 Å². The van der Waals surface area contributed by atoms with Crippen molar-refractivity contribution in [3.8, 4) is 11.3 Å². The molecule has 1 aromatic carbocycles. The van der Waals surface area contributed by atoms with E-state index in [1.807, 2.05) is 4.90 Å². The summed E-state index contributed by atoms with van der Waals surface area (Å²) in [4.78, 5) is 38.9. The summed E-state index contributed by atoms with van der Waals surface area (Å²) in [5, 5.41) is 0.261. The fourth-order valence-corrected chi connectivity index (χ4v) is 4.49. The largest absolute Gasteiger partial charge is 0.376 e. The number of hydrogen-bond acceptors (Lipinski definition) is 7. The standard InChI is InChI=1S/C24H25ClFN5O4/c1-14-15(2)27-22-21(17-4-3-16(25)11-18(17)26)28-20(12-31(22)23(14)32)29-5-7-30(8-6-29)24(33)19-13-34-9-10-35-19/h3-4,11-12,19H,5-10,13H2,1-2H3/t19-/m0/s1. The Morgan fingerprint density at radius 2 is 1.91 bits per heavy atom. The van der Waals surface area contributed by atoms with Crippen molar-refractivity contribution in [2.45, 2.75) is 20.0 Å². The van der Waals surface area contributed by atoms with Gasteiger partial charge in [-0.1, -0.05) is 11.6 Å². The smallest absolute Gasteiger partial charge is 0.261 e. The molecule has 35 heavy (non-hydrogen) atoms. The molecule has 0 aliphatic carbocycles. The van der Waals surface area contributed by atoms with E-state index < -0.39 is 11.9 Å². The summed E-state index contributed by atoms with van der Waals surface area (Å²) in [6.07, 6.45) is 1.05. The quantitative estimate of drug-likeness (QED) is 0.543. The van der Waals surface area contributed by atoms with Crippen molar-refractivity contribution in [2.24, 2.45) is 0 Å². The lowest BCUT2D eigenvalue weighted by atomic mass is 10.1. The summed E-state index contributed by atoms with van der Waals surface area (Å²) in [7, 11) is 0. The van der Waals surface area contributed by atoms with E-state index in [0.717, 1.165) is 0 Å². The van der Waals surface area contributed by atoms with Gasteiger partial charge in [0.25, 0.3) is 11.5 Å². The lowest BCUT2D eigenvalue weighted by Gasteiger charge is -2.37. The van der Waals surface area contributed by atoms with Crippen LogP contribution in [0.1, 0.15) is 11.3 Å². The Morgan fingerprint density at radius 1 is 1.14 bits per heavy atom. The van der Waals surface area contributed by atoms with Gasteiger partial charge in [0.2, 0.25) is 0 Å². The highest BCUT2D eigenvalue weighted by Gasteiger charge is 2.30. The Kier molecular flexibility index (Phi) is 6.43. The van der Waals surface area contributed by atoms with E-state index in [-0.39, 0.29) is 40.0 Å². The number of rotatable bonds is 3. The van der Waals surface area contributed by atoms with Crippen molar-refractivity contribution in [3.63, 3.8) is 0 Å². The number of carbonyl (C=O) groups is 1. The molecule has 3 aromatic rings. The van der Waals surface area contributed by atoms with Gasteiger partial charge in [-0.3, -0.25) is 14.0 Å². The average Bonchev–Trinajstić information content (AvgIpc) is 2.87. The summed E-state index contributed by atoms with van der Waals surface area (Å²) in [5.74, 6) is -0.147. The van der Waals surface area contributed by atoms with E-state index in [2.05, 4.69) is 4.98 Å². The van der Waals surface area contributed by atoms with Crippen LogP contribution in [-0.2, 0) is 14.3 Å². The van der Waals surface area contributed by atoms with E-state index in [4.69, 9.17) is 26.1 Å². The van der Waals surface area contributed by atoms with Gasteiger partial charge in [0.1, 0.15) is 17.3 Å². The third-order valence-electron chi connectivity index (χ3n) is 6.46. The second-order valence-corrected chi connectivity index (χ2v) is 9.08. The third kappa shape index (κ3) is 4.49. The zero-order chi connectivity index (χ0) is 24.7. The molecule has 0 unspecified atom stereocenters. The molecule has 2 aliphatic heterocycles. The normalized spacial score (nSPS) is 18.8. The Labute approximate surface area is 206 Å². The van der Waals surface area contributed by atoms with Crippen LogP contribution in [0, 0.1) is 19.7 Å². The first-order chi connectivity index (χ1) is 16.8. The summed E-state index contributed by atoms with van der Waals surface area (Å²) in [6.45, 7) is 6.52. The van der Waals surface area contributed by atoms with Gasteiger partial charge in [0.05, 0.1) is 26.0 Å². The van der Waals surface area contributed by atoms with Crippen LogP contribution in [0.4, 0.5) is 10.2 Å². The van der Waals surface area contributed by atoms with Gasteiger partial charge in [0, 0.05) is 48.0 Å². The van der Waals surface area contributed by atoms with Crippen molar-refractivity contribution in [1.29, 1.82) is 0 Å². The average molecular weight is 502 g/mol. The van der Waals surface area contributed by atoms with E-state index >= 15 is 0 Å². The molecule has 1 atom stereocenters. The van der Waals surface area contributed by atoms with Crippen molar-refractivity contribution < 1.29 is 18.7 Å². The van der Waals surface area contributed by atoms with E-state index in [9.17, 15) is 14.0 Å². The molecule has 2 aromatic heterocycles. The van der Waals surface area contributed by atoms with Crippen LogP contribution in [0.3, 0.4) is 0 Å². The van der Waals surface area contributed by atoms with Crippen LogP contribution in [0.15, 0.2) is 29.2 Å². The molecule has 0 spiro atoms. The number of ether oxygens (including phenoxy) is 2. The predicted molar refractivity (Wildman–Crippen MR) is 128 cm³/mol. The number of amides is 1. The molecule has 0 bridgehead atoms. The number of aromatic nitrogens is 3. The van der Waals surface area contributed by atoms with Gasteiger partial charge in [-0.25, -0.2) is 14.4 Å². The van der Waals surface area contributed by atoms with Crippen LogP contribution in [0.25, 0.3) is 16.9 Å². The number of benzene rings is 1. The Hall–Kier alpha value is -3.08. The number of carbonyl (C=O) groups excluding carboxylic acids is 1. The maximum atomic E-state index is 14.9. The van der Waals surface area contributed by atoms with Gasteiger partial charge in [0.15, 0.2) is 11.8 Å². The number of hydrogen-bond donors (Lipinski definition) is 0. The number of fused-ring (bicyclic) bond motifs is 1. The number of nitrogens with zero attached hydrogens (tertiary/aromatic N) is 5. The highest BCUT2D eigenvalue weighted by molar-refractivity contribution is 6.30. The van der Waals surface area contributed by atoms with Crippen LogP contribution in [0.2, 0.25) is 5.02 Å². The molecule has 2 fully saturated rings. The van der Waals surface area contributed by atoms with Gasteiger partial charge < -0.3 is 19.3 Å². The minimum Gasteiger partial charge on any atom is -0.376 e. The summed E-state index contributed by atoms with van der Waals surface area (Å²) in [6, 6.07) is 4.32. The molecule has 11 heteroatoms. The molecule has 1 amide bonds. The molecule has 2 aliphatic rings. The topological polar surface area (TPSA) is 89.3 Å². The van der Waals surface area contributed by atoms with Crippen LogP contribution in [0.5, 0.6) is 0 Å². The van der Waals surface area contributed by atoms with Gasteiger partial charge in [-0.2, -0.15) is 0 Å². The molecule has 5 rings (SSSR count). The molecule has 0 radical (unpaired) electrons. The number of aryl methyl sites for hydroxylation is 1. The first kappa shape index (κ1) is 23.7. The monoisotopic (exact) mass is 501 g/mol. The van der Waals surface area contributed by atoms with Crippen molar-refractivity contribution in [1.82, 2.24) is 19.3 Å². The first-order valence-corrected chi connectivity index (χ1v) is 11.8. The summed E-state index contributed by atoms with van der Waals surface area (Å²) < 4.78 is 27.2. The number of halogens is 2. The summed E-state index contributed by atoms with van der Waals surface area (Å²) >= 11 is 5.95. The highest BCUT2D eigenvalue weighted by Crippen LogP contribution is 2.29. The Bertz CT molecular complexity index is 1350. The minimum atomic E-state index is -0.579. The molecule has 9 nitrogen and oxygen atoms in total. The first-order valence-electron chi connectivity index (χ1n) is 11.4. The highest BCUT2D eigenvalue weighted by atomic mass is 35.5. The van der Waals surface area contributed by atoms with E-state index in [1.54, 1.807) is 31.0 Å². The number of piperazine rings is 1. The lowest BCUT2D eigenvalue weighted by Crippen LogP contribution is -2.53. The zero-order valence-corrected chi connectivity index (χ0v) is 20.2. The molecule has 4 heterocycles. The molecule has 184 valence electrons. The maximum absolute atomic E-state index is 14.9. The molecule has 2 saturated heterocycles. The predicted octanol–water partition coefficient (Wildman–Crippen LogP) is 2.23. The van der Waals surface area contributed by atoms with Crippen molar-refractivity contribution in [2.75, 3.05) is 50.9 Å². The fourth-order valence-electron chi connectivity index (χ4n) is 4.33. The molecule has 0 N–H and O–H groups in total. The molecular weight excluding hydrogens is 477 g/mol. The lowest BCUT2D eigenvalue weighted by molar-refractivity contribution is -0.158. The summed E-state index contributed by atoms with van der Waals surface area (Å²) in [5.41, 5.74) is 1.55. The van der Waals surface area contributed by atoms with Crippen molar-refractivity contribution >= 4 is 29.0 Å². The van der Waals surface area contributed by atoms with E-state index in [0.29, 0.717) is 56.5 Å².